The lowest BCUT2D eigenvalue weighted by molar-refractivity contribution is 0.872. The van der Waals surface area contributed by atoms with Crippen LogP contribution in [0.3, 0.4) is 0 Å². The monoisotopic (exact) mass is 248 g/mol. The van der Waals surface area contributed by atoms with E-state index >= 15 is 0 Å². The van der Waals surface area contributed by atoms with Crippen LogP contribution in [0.5, 0.6) is 0 Å². The van der Waals surface area contributed by atoms with E-state index in [0.717, 1.165) is 10.3 Å². The fourth-order valence-corrected chi connectivity index (χ4v) is 1.26. The molecular weight excluding hydrogens is 244 g/mol. The third-order valence-corrected chi connectivity index (χ3v) is 2.16. The number of hydrogen-bond donors (Lipinski definition) is 0. The number of nitrogens with zero attached hydrogens (tertiary/aromatic N) is 4. The van der Waals surface area contributed by atoms with Crippen LogP contribution in [-0.2, 0) is 0 Å². The first kappa shape index (κ1) is 8.91. The lowest BCUT2D eigenvalue weighted by Gasteiger charge is -1.98. The van der Waals surface area contributed by atoms with E-state index in [9.17, 15) is 0 Å². The van der Waals surface area contributed by atoms with Gasteiger partial charge in [-0.15, -0.1) is 0 Å². The Labute approximate surface area is 88.9 Å². The molecule has 0 unspecified atom stereocenters. The van der Waals surface area contributed by atoms with Crippen LogP contribution >= 0.6 is 15.9 Å². The molecule has 2 heterocycles. The first-order valence-electron chi connectivity index (χ1n) is 3.86. The highest BCUT2D eigenvalue weighted by Gasteiger charge is 1.99. The van der Waals surface area contributed by atoms with Gasteiger partial charge in [0.15, 0.2) is 0 Å². The molecule has 0 aliphatic carbocycles. The number of rotatable bonds is 1. The van der Waals surface area contributed by atoms with Crippen molar-refractivity contribution in [3.05, 3.63) is 40.9 Å². The molecule has 0 spiro atoms. The van der Waals surface area contributed by atoms with Crippen molar-refractivity contribution in [1.82, 2.24) is 14.8 Å². The second kappa shape index (κ2) is 3.60. The van der Waals surface area contributed by atoms with E-state index in [4.69, 9.17) is 5.26 Å². The Kier molecular flexibility index (Phi) is 2.29. The summed E-state index contributed by atoms with van der Waals surface area (Å²) in [6, 6.07) is 5.70. The molecule has 0 aromatic carbocycles. The molecule has 0 fully saturated rings. The second-order valence-electron chi connectivity index (χ2n) is 2.62. The van der Waals surface area contributed by atoms with E-state index in [2.05, 4.69) is 26.0 Å². The predicted molar refractivity (Wildman–Crippen MR) is 53.8 cm³/mol. The van der Waals surface area contributed by atoms with Crippen LogP contribution < -0.4 is 0 Å². The van der Waals surface area contributed by atoms with Crippen molar-refractivity contribution < 1.29 is 0 Å². The molecule has 2 aromatic heterocycles. The van der Waals surface area contributed by atoms with Gasteiger partial charge in [-0.05, 0) is 28.1 Å². The lowest BCUT2D eigenvalue weighted by atomic mass is 10.4. The zero-order valence-electron chi connectivity index (χ0n) is 7.05. The zero-order chi connectivity index (χ0) is 9.97. The molecule has 68 valence electrons. The maximum absolute atomic E-state index is 8.62. The van der Waals surface area contributed by atoms with Crippen LogP contribution in [0.1, 0.15) is 5.56 Å². The van der Waals surface area contributed by atoms with Crippen molar-refractivity contribution >= 4 is 15.9 Å². The van der Waals surface area contributed by atoms with Gasteiger partial charge in [0.2, 0.25) is 0 Å². The Bertz CT molecular complexity index is 480. The Morgan fingerprint density at radius 1 is 1.36 bits per heavy atom. The van der Waals surface area contributed by atoms with Crippen molar-refractivity contribution in [3.8, 4) is 11.8 Å². The van der Waals surface area contributed by atoms with Gasteiger partial charge in [-0.25, -0.2) is 9.67 Å². The second-order valence-corrected chi connectivity index (χ2v) is 3.44. The molecule has 4 nitrogen and oxygen atoms in total. The molecule has 0 radical (unpaired) electrons. The number of halogens is 1. The van der Waals surface area contributed by atoms with Crippen molar-refractivity contribution in [2.75, 3.05) is 0 Å². The average molecular weight is 249 g/mol. The van der Waals surface area contributed by atoms with E-state index in [1.54, 1.807) is 17.1 Å². The third-order valence-electron chi connectivity index (χ3n) is 1.69. The molecule has 0 N–H and O–H groups in total. The van der Waals surface area contributed by atoms with Gasteiger partial charge in [-0.1, -0.05) is 0 Å². The van der Waals surface area contributed by atoms with Crippen molar-refractivity contribution in [2.24, 2.45) is 0 Å². The highest BCUT2D eigenvalue weighted by Crippen LogP contribution is 2.10. The summed E-state index contributed by atoms with van der Waals surface area (Å²) in [7, 11) is 0. The summed E-state index contributed by atoms with van der Waals surface area (Å²) in [6.07, 6.45) is 4.85. The molecule has 0 bridgehead atoms. The molecule has 0 aliphatic rings. The number of hydrogen-bond acceptors (Lipinski definition) is 3. The summed E-state index contributed by atoms with van der Waals surface area (Å²) in [5, 5.41) is 12.6. The van der Waals surface area contributed by atoms with Crippen LogP contribution in [0.15, 0.2) is 35.3 Å². The van der Waals surface area contributed by atoms with Gasteiger partial charge in [0.05, 0.1) is 23.6 Å². The van der Waals surface area contributed by atoms with E-state index in [-0.39, 0.29) is 0 Å². The van der Waals surface area contributed by atoms with Gasteiger partial charge >= 0.3 is 0 Å². The minimum absolute atomic E-state index is 0.535. The molecule has 0 saturated carbocycles. The van der Waals surface area contributed by atoms with Crippen LogP contribution in [0, 0.1) is 11.3 Å². The molecule has 14 heavy (non-hydrogen) atoms. The van der Waals surface area contributed by atoms with Crippen LogP contribution in [0.25, 0.3) is 5.69 Å². The van der Waals surface area contributed by atoms with E-state index in [1.165, 1.54) is 6.20 Å². The Hall–Kier alpha value is -1.67. The first-order valence-corrected chi connectivity index (χ1v) is 4.65. The van der Waals surface area contributed by atoms with Crippen molar-refractivity contribution in [2.45, 2.75) is 0 Å². The highest BCUT2D eigenvalue weighted by molar-refractivity contribution is 9.10. The Morgan fingerprint density at radius 2 is 2.21 bits per heavy atom. The van der Waals surface area contributed by atoms with Gasteiger partial charge in [0, 0.05) is 6.20 Å². The topological polar surface area (TPSA) is 54.5 Å². The maximum Gasteiger partial charge on any atom is 0.106 e. The summed E-state index contributed by atoms with van der Waals surface area (Å²) in [5.41, 5.74) is 1.36. The number of pyridine rings is 1. The summed E-state index contributed by atoms with van der Waals surface area (Å²) in [5.74, 6) is 0. The molecule has 0 atom stereocenters. The normalized spacial score (nSPS) is 9.71. The summed E-state index contributed by atoms with van der Waals surface area (Å²) < 4.78 is 2.38. The largest absolute Gasteiger partial charge is 0.247 e. The summed E-state index contributed by atoms with van der Waals surface area (Å²) in [6.45, 7) is 0. The van der Waals surface area contributed by atoms with Gasteiger partial charge in [0.1, 0.15) is 10.7 Å². The average Bonchev–Trinajstić information content (AvgIpc) is 2.67. The minimum Gasteiger partial charge on any atom is -0.247 e. The van der Waals surface area contributed by atoms with Crippen molar-refractivity contribution in [3.63, 3.8) is 0 Å². The molecule has 5 heteroatoms. The standard InChI is InChI=1S/C9H5BrN4/c10-9-2-1-8(5-12-9)14-6-7(3-11)4-13-14/h1-2,4-6H. The fourth-order valence-electron chi connectivity index (χ4n) is 1.03. The molecular formula is C9H5BrN4. The van der Waals surface area contributed by atoms with Crippen molar-refractivity contribution in [1.29, 1.82) is 5.26 Å². The van der Waals surface area contributed by atoms with E-state index in [0.29, 0.717) is 5.56 Å². The van der Waals surface area contributed by atoms with Gasteiger partial charge in [-0.3, -0.25) is 0 Å². The van der Waals surface area contributed by atoms with Crippen LogP contribution in [-0.4, -0.2) is 14.8 Å². The van der Waals surface area contributed by atoms with Gasteiger partial charge in [-0.2, -0.15) is 10.4 Å². The highest BCUT2D eigenvalue weighted by atomic mass is 79.9. The minimum atomic E-state index is 0.535. The molecule has 0 saturated heterocycles. The third kappa shape index (κ3) is 1.65. The lowest BCUT2D eigenvalue weighted by Crippen LogP contribution is -1.94. The maximum atomic E-state index is 8.62. The molecule has 2 rings (SSSR count). The van der Waals surface area contributed by atoms with E-state index < -0.39 is 0 Å². The Balaban J connectivity index is 2.40. The van der Waals surface area contributed by atoms with Crippen LogP contribution in [0.4, 0.5) is 0 Å². The fraction of sp³-hybridized carbons (Fsp3) is 0. The molecule has 0 aliphatic heterocycles. The number of aromatic nitrogens is 3. The smallest absolute Gasteiger partial charge is 0.106 e. The number of nitriles is 1. The zero-order valence-corrected chi connectivity index (χ0v) is 8.64. The molecule has 0 amide bonds. The SMILES string of the molecule is N#Cc1cnn(-c2ccc(Br)nc2)c1. The molecule has 2 aromatic rings. The first-order chi connectivity index (χ1) is 6.79. The summed E-state index contributed by atoms with van der Waals surface area (Å²) in [4.78, 5) is 4.06. The van der Waals surface area contributed by atoms with E-state index in [1.807, 2.05) is 18.2 Å². The summed E-state index contributed by atoms with van der Waals surface area (Å²) >= 11 is 3.24. The Morgan fingerprint density at radius 3 is 2.79 bits per heavy atom. The quantitative estimate of drug-likeness (QED) is 0.725. The van der Waals surface area contributed by atoms with Gasteiger partial charge < -0.3 is 0 Å². The van der Waals surface area contributed by atoms with Crippen LogP contribution in [0.2, 0.25) is 0 Å². The van der Waals surface area contributed by atoms with Gasteiger partial charge in [0.25, 0.3) is 0 Å². The predicted octanol–water partition coefficient (Wildman–Crippen LogP) is 1.90.